The van der Waals surface area contributed by atoms with Gasteiger partial charge in [0.25, 0.3) is 20.9 Å². The van der Waals surface area contributed by atoms with Crippen LogP contribution >= 0.6 is 0 Å². The second-order valence-electron chi connectivity index (χ2n) is 3.53. The molecule has 0 aromatic carbocycles. The molecule has 1 aliphatic rings. The summed E-state index contributed by atoms with van der Waals surface area (Å²) in [5.41, 5.74) is 0. The Balaban J connectivity index is 2.61. The zero-order chi connectivity index (χ0) is 9.84. The van der Waals surface area contributed by atoms with Crippen molar-refractivity contribution in [3.63, 3.8) is 0 Å². The molecule has 7 heteroatoms. The Labute approximate surface area is 85.7 Å². The van der Waals surface area contributed by atoms with E-state index in [1.165, 1.54) is 12.6 Å². The van der Waals surface area contributed by atoms with Crippen molar-refractivity contribution in [2.24, 2.45) is 0 Å². The molecule has 0 atom stereocenters. The molecule has 1 aliphatic heterocycles. The number of nitrogens with zero attached hydrogens (tertiary/aromatic N) is 1. The first-order chi connectivity index (χ1) is 6.22. The van der Waals surface area contributed by atoms with Crippen LogP contribution in [0.25, 0.3) is 0 Å². The molecule has 0 spiro atoms. The fourth-order valence-electron chi connectivity index (χ4n) is 1.94. The van der Waals surface area contributed by atoms with Crippen molar-refractivity contribution in [2.75, 3.05) is 0 Å². The molecule has 70 valence electrons. The van der Waals surface area contributed by atoms with E-state index < -0.39 is 0 Å². The van der Waals surface area contributed by atoms with Gasteiger partial charge in [-0.3, -0.25) is 0 Å². The van der Waals surface area contributed by atoms with Gasteiger partial charge in [0.1, 0.15) is 9.68 Å². The zero-order valence-electron chi connectivity index (χ0n) is 9.09. The van der Waals surface area contributed by atoms with Crippen molar-refractivity contribution in [1.29, 1.82) is 0 Å². The molecule has 0 aromatic heterocycles. The molecule has 0 aliphatic carbocycles. The number of hydrogen-bond acceptors (Lipinski definition) is 3. The van der Waals surface area contributed by atoms with Gasteiger partial charge in [0.15, 0.2) is 0 Å². The molecule has 1 heterocycles. The molecule has 0 amide bonds. The Bertz CT molecular complexity index is 148. The molecular weight excluding hydrogens is 175 g/mol. The first-order valence-corrected chi connectivity index (χ1v) is 6.65. The first-order valence-electron chi connectivity index (χ1n) is 5.20. The highest BCUT2D eigenvalue weighted by molar-refractivity contribution is 6.91. The third kappa shape index (κ3) is 2.62. The van der Waals surface area contributed by atoms with Crippen molar-refractivity contribution < 1.29 is 0 Å². The number of hydrogen-bond donors (Lipinski definition) is 2. The molecule has 2 N–H and O–H groups in total. The lowest BCUT2D eigenvalue weighted by atomic mass is 9.48. The largest absolute Gasteiger partial charge is 0.383 e. The molecular formula is C6H18B3N3Si. The molecule has 2 radical (unpaired) electrons. The van der Waals surface area contributed by atoms with Crippen molar-refractivity contribution in [2.45, 2.75) is 39.9 Å². The van der Waals surface area contributed by atoms with Crippen LogP contribution in [0.2, 0.25) is 26.0 Å². The van der Waals surface area contributed by atoms with Crippen LogP contribution in [-0.2, 0) is 0 Å². The Kier molecular flexibility index (Phi) is 4.58. The Morgan fingerprint density at radius 3 is 1.92 bits per heavy atom. The minimum Gasteiger partial charge on any atom is -0.383 e. The highest BCUT2D eigenvalue weighted by Gasteiger charge is 2.36. The average molecular weight is 193 g/mol. The lowest BCUT2D eigenvalue weighted by Crippen LogP contribution is -2.75. The van der Waals surface area contributed by atoms with Gasteiger partial charge < -0.3 is 14.7 Å². The predicted molar refractivity (Wildman–Crippen MR) is 63.8 cm³/mol. The molecule has 1 saturated heterocycles. The molecule has 0 aromatic rings. The maximum atomic E-state index is 3.55. The van der Waals surface area contributed by atoms with Gasteiger partial charge in [-0.25, -0.2) is 0 Å². The van der Waals surface area contributed by atoms with Crippen molar-refractivity contribution in [3.8, 4) is 0 Å². The molecule has 13 heavy (non-hydrogen) atoms. The van der Waals surface area contributed by atoms with E-state index in [2.05, 4.69) is 41.9 Å². The highest BCUT2D eigenvalue weighted by atomic mass is 28.2. The van der Waals surface area contributed by atoms with E-state index in [0.29, 0.717) is 20.9 Å². The van der Waals surface area contributed by atoms with Crippen LogP contribution in [0.4, 0.5) is 0 Å². The van der Waals surface area contributed by atoms with Gasteiger partial charge in [0.2, 0.25) is 0 Å². The number of rotatable bonds is 3. The quantitative estimate of drug-likeness (QED) is 0.630. The maximum absolute atomic E-state index is 3.55. The summed E-state index contributed by atoms with van der Waals surface area (Å²) in [6.07, 6.45) is 2.37. The monoisotopic (exact) mass is 193 g/mol. The summed E-state index contributed by atoms with van der Waals surface area (Å²) < 4.78 is 2.53. The summed E-state index contributed by atoms with van der Waals surface area (Å²) in [7, 11) is 0.879. The molecule has 1 rings (SSSR count). The topological polar surface area (TPSA) is 27.3 Å². The minimum atomic E-state index is 0.447. The van der Waals surface area contributed by atoms with Gasteiger partial charge in [0.05, 0.1) is 0 Å². The van der Waals surface area contributed by atoms with Crippen molar-refractivity contribution in [1.82, 2.24) is 14.7 Å². The van der Waals surface area contributed by atoms with Crippen LogP contribution in [0, 0.1) is 0 Å². The second-order valence-corrected chi connectivity index (χ2v) is 4.50. The van der Waals surface area contributed by atoms with Gasteiger partial charge in [-0.05, 0) is 12.6 Å². The third-order valence-corrected chi connectivity index (χ3v) is 3.73. The van der Waals surface area contributed by atoms with Crippen LogP contribution < -0.4 is 10.3 Å². The van der Waals surface area contributed by atoms with Gasteiger partial charge in [-0.15, -0.1) is 0 Å². The van der Waals surface area contributed by atoms with Crippen LogP contribution in [0.15, 0.2) is 0 Å². The van der Waals surface area contributed by atoms with Crippen LogP contribution in [0.1, 0.15) is 13.8 Å². The SMILES string of the molecule is CCB1NB(C)NB(CC)N1[Si]C. The molecule has 3 nitrogen and oxygen atoms in total. The van der Waals surface area contributed by atoms with Crippen molar-refractivity contribution in [3.05, 3.63) is 0 Å². The molecule has 0 unspecified atom stereocenters. The fraction of sp³-hybridized carbons (Fsp3) is 1.00. The molecule has 0 saturated carbocycles. The van der Waals surface area contributed by atoms with Gasteiger partial charge in [0, 0.05) is 0 Å². The summed E-state index contributed by atoms with van der Waals surface area (Å²) in [5.74, 6) is 0. The second kappa shape index (κ2) is 5.24. The Morgan fingerprint density at radius 2 is 1.62 bits per heavy atom. The summed E-state index contributed by atoms with van der Waals surface area (Å²) >= 11 is 0. The van der Waals surface area contributed by atoms with Gasteiger partial charge in [-0.2, -0.15) is 0 Å². The average Bonchev–Trinajstić information content (AvgIpc) is 2.16. The first kappa shape index (κ1) is 11.4. The van der Waals surface area contributed by atoms with Gasteiger partial charge >= 0.3 is 0 Å². The third-order valence-electron chi connectivity index (χ3n) is 2.59. The summed E-state index contributed by atoms with van der Waals surface area (Å²) in [5, 5.41) is 7.11. The van der Waals surface area contributed by atoms with Crippen molar-refractivity contribution >= 4 is 30.6 Å². The van der Waals surface area contributed by atoms with Crippen LogP contribution in [-0.4, -0.2) is 35.0 Å². The van der Waals surface area contributed by atoms with Crippen LogP contribution in [0.3, 0.4) is 0 Å². The van der Waals surface area contributed by atoms with E-state index in [1.54, 1.807) is 0 Å². The van der Waals surface area contributed by atoms with E-state index in [1.807, 2.05) is 0 Å². The van der Waals surface area contributed by atoms with E-state index in [0.717, 1.165) is 9.68 Å². The maximum Gasteiger partial charge on any atom is 0.281 e. The smallest absolute Gasteiger partial charge is 0.281 e. The lowest BCUT2D eigenvalue weighted by Gasteiger charge is -2.40. The standard InChI is InChI=1S/C6H18B3N3Si/c1-5-8-10-7(3)11-9(6-2)12(8)13-4/h10-11H,5-6H2,1-4H3. The summed E-state index contributed by atoms with van der Waals surface area (Å²) in [6.45, 7) is 10.5. The Hall–Kier alpha value is 0.292. The summed E-state index contributed by atoms with van der Waals surface area (Å²) in [4.78, 5) is 0. The minimum absolute atomic E-state index is 0.447. The summed E-state index contributed by atoms with van der Waals surface area (Å²) in [6, 6.07) is 0. The zero-order valence-corrected chi connectivity index (χ0v) is 10.1. The lowest BCUT2D eigenvalue weighted by molar-refractivity contribution is 0.893. The highest BCUT2D eigenvalue weighted by Crippen LogP contribution is 2.06. The molecule has 1 fully saturated rings. The van der Waals surface area contributed by atoms with E-state index in [9.17, 15) is 0 Å². The fourth-order valence-corrected chi connectivity index (χ4v) is 3.08. The van der Waals surface area contributed by atoms with E-state index in [4.69, 9.17) is 0 Å². The van der Waals surface area contributed by atoms with Gasteiger partial charge in [-0.1, -0.05) is 27.2 Å². The molecule has 0 bridgehead atoms. The normalized spacial score (nSPS) is 19.8. The number of nitrogens with one attached hydrogen (secondary N) is 2. The van der Waals surface area contributed by atoms with E-state index in [-0.39, 0.29) is 0 Å². The predicted octanol–water partition coefficient (Wildman–Crippen LogP) is 0.283. The van der Waals surface area contributed by atoms with Crippen LogP contribution in [0.5, 0.6) is 0 Å². The van der Waals surface area contributed by atoms with E-state index >= 15 is 0 Å². The Morgan fingerprint density at radius 1 is 1.15 bits per heavy atom.